The number of rotatable bonds is 15. The highest BCUT2D eigenvalue weighted by Crippen LogP contribution is 2.58. The molecule has 0 radical (unpaired) electrons. The highest BCUT2D eigenvalue weighted by atomic mass is 28.5. The molecule has 0 aliphatic rings. The number of aliphatic hydroxyl groups is 1. The molecule has 0 spiro atoms. The minimum Gasteiger partial charge on any atom is -0.437 e. The van der Waals surface area contributed by atoms with Crippen molar-refractivity contribution >= 4 is 33.8 Å². The van der Waals surface area contributed by atoms with Gasteiger partial charge in [-0.2, -0.15) is 48.3 Å². The largest absolute Gasteiger partial charge is 0.460 e. The van der Waals surface area contributed by atoms with E-state index in [1.807, 2.05) is 0 Å². The number of alkyl halides is 11. The highest BCUT2D eigenvalue weighted by Gasteiger charge is 2.86. The molecule has 0 heterocycles. The fourth-order valence-corrected chi connectivity index (χ4v) is 22.5. The van der Waals surface area contributed by atoms with E-state index in [0.717, 1.165) is 0 Å². The van der Waals surface area contributed by atoms with E-state index in [1.54, 1.807) is 32.7 Å². The van der Waals surface area contributed by atoms with Gasteiger partial charge in [0.15, 0.2) is 16.6 Å². The SMILES string of the molecule is C.C.C.C.C.C[Si](C)(C)O[Si](C)(C)O[Si](C)(CCC(F)(F)C(F)(F)C(F)(F)C(F)(F)C(F)(F)F)O[Si](C)(C)CCCO. The average Bonchev–Trinajstić information content (AvgIpc) is 2.60. The molecule has 19 heteroatoms. The van der Waals surface area contributed by atoms with Crippen LogP contribution in [0.2, 0.25) is 64.5 Å². The molecule has 0 bridgehead atoms. The summed E-state index contributed by atoms with van der Waals surface area (Å²) in [5.41, 5.74) is 0. The van der Waals surface area contributed by atoms with E-state index in [1.165, 1.54) is 19.6 Å². The van der Waals surface area contributed by atoms with Gasteiger partial charge in [0, 0.05) is 13.0 Å². The van der Waals surface area contributed by atoms with Crippen molar-refractivity contribution in [3.05, 3.63) is 0 Å². The van der Waals surface area contributed by atoms with E-state index in [4.69, 9.17) is 17.5 Å². The van der Waals surface area contributed by atoms with Gasteiger partial charge in [0.05, 0.1) is 0 Å². The van der Waals surface area contributed by atoms with Crippen LogP contribution in [0, 0.1) is 0 Å². The lowest BCUT2D eigenvalue weighted by atomic mass is 9.96. The minimum absolute atomic E-state index is 0. The van der Waals surface area contributed by atoms with Gasteiger partial charge >= 0.3 is 47.0 Å². The van der Waals surface area contributed by atoms with Gasteiger partial charge in [0.25, 0.3) is 0 Å². The fourth-order valence-electron chi connectivity index (χ4n) is 3.69. The van der Waals surface area contributed by atoms with Crippen molar-refractivity contribution in [3.8, 4) is 0 Å². The van der Waals surface area contributed by atoms with Gasteiger partial charge in [-0.15, -0.1) is 0 Å². The maximum atomic E-state index is 14.4. The zero-order valence-corrected chi connectivity index (χ0v) is 25.9. The molecule has 42 heavy (non-hydrogen) atoms. The van der Waals surface area contributed by atoms with Gasteiger partial charge in [-0.25, -0.2) is 0 Å². The Balaban J connectivity index is -0.000000648. The summed E-state index contributed by atoms with van der Waals surface area (Å²) in [5.74, 6) is -27.9. The molecule has 1 N–H and O–H groups in total. The molecule has 0 fully saturated rings. The van der Waals surface area contributed by atoms with Crippen LogP contribution in [0.4, 0.5) is 48.3 Å². The van der Waals surface area contributed by atoms with Crippen molar-refractivity contribution in [2.24, 2.45) is 0 Å². The lowest BCUT2D eigenvalue weighted by molar-refractivity contribution is -0.422. The highest BCUT2D eigenvalue weighted by molar-refractivity contribution is 6.89. The Morgan fingerprint density at radius 2 is 0.952 bits per heavy atom. The number of hydrogen-bond acceptors (Lipinski definition) is 4. The first-order valence-corrected chi connectivity index (χ1v) is 23.0. The Hall–Kier alpha value is -0.0625. The molecule has 0 aliphatic carbocycles. The third kappa shape index (κ3) is 13.9. The topological polar surface area (TPSA) is 47.9 Å². The van der Waals surface area contributed by atoms with E-state index in [-0.39, 0.29) is 56.2 Å². The summed E-state index contributed by atoms with van der Waals surface area (Å²) in [4.78, 5) is 0. The molecule has 1 unspecified atom stereocenters. The van der Waals surface area contributed by atoms with Gasteiger partial charge in [0.2, 0.25) is 0 Å². The molecule has 0 saturated carbocycles. The van der Waals surface area contributed by atoms with E-state index >= 15 is 0 Å². The smallest absolute Gasteiger partial charge is 0.437 e. The molecule has 0 rings (SSSR count). The van der Waals surface area contributed by atoms with Gasteiger partial charge < -0.3 is 17.5 Å². The van der Waals surface area contributed by atoms with Gasteiger partial charge in [-0.3, -0.25) is 0 Å². The van der Waals surface area contributed by atoms with E-state index < -0.39 is 76.1 Å². The molecule has 0 aromatic heterocycles. The molecule has 1 atom stereocenters. The van der Waals surface area contributed by atoms with Crippen molar-refractivity contribution in [2.75, 3.05) is 6.61 Å². The van der Waals surface area contributed by atoms with Crippen LogP contribution in [0.5, 0.6) is 0 Å². The first-order chi connectivity index (χ1) is 15.9. The Morgan fingerprint density at radius 3 is 1.29 bits per heavy atom. The second kappa shape index (κ2) is 17.0. The molecule has 0 aromatic rings. The first-order valence-electron chi connectivity index (χ1n) is 11.2. The van der Waals surface area contributed by atoms with E-state index in [9.17, 15) is 48.3 Å². The molecular weight excluding hydrogens is 662 g/mol. The third-order valence-electron chi connectivity index (χ3n) is 4.94. The van der Waals surface area contributed by atoms with Crippen LogP contribution in [0.25, 0.3) is 0 Å². The number of halogens is 11. The standard InChI is InChI=1S/C18H35F11O4Si4.5CH4/c1-34(2,3)31-36(6,7)33-37(8,32-35(4,5)12-9-11-30)13-10-14(19,20)15(21,22)16(23,24)17(25,26)18(27,28)29;;;;;/h30H,9-13H2,1-8H3;5*1H4. The second-order valence-corrected chi connectivity index (χ2v) is 27.2. The summed E-state index contributed by atoms with van der Waals surface area (Å²) in [6, 6.07) is -0.862. The van der Waals surface area contributed by atoms with E-state index in [2.05, 4.69) is 0 Å². The van der Waals surface area contributed by atoms with Crippen molar-refractivity contribution in [1.82, 2.24) is 0 Å². The van der Waals surface area contributed by atoms with Crippen molar-refractivity contribution in [2.45, 2.75) is 144 Å². The molecule has 0 amide bonds. The van der Waals surface area contributed by atoms with Crippen LogP contribution < -0.4 is 0 Å². The molecular formula is C23H55F11O4Si4. The van der Waals surface area contributed by atoms with Crippen molar-refractivity contribution in [1.29, 1.82) is 0 Å². The van der Waals surface area contributed by atoms with Crippen LogP contribution in [-0.4, -0.2) is 75.3 Å². The Bertz CT molecular complexity index is 764. The summed E-state index contributed by atoms with van der Waals surface area (Å²) in [5, 5.41) is 9.08. The van der Waals surface area contributed by atoms with Crippen LogP contribution in [0.1, 0.15) is 50.0 Å². The second-order valence-electron chi connectivity index (χ2n) is 11.0. The normalized spacial score (nSPS) is 15.1. The molecule has 0 aromatic carbocycles. The average molecular weight is 717 g/mol. The minimum atomic E-state index is -7.45. The van der Waals surface area contributed by atoms with Crippen LogP contribution in [0.3, 0.4) is 0 Å². The van der Waals surface area contributed by atoms with Gasteiger partial charge in [0.1, 0.15) is 0 Å². The van der Waals surface area contributed by atoms with Crippen LogP contribution >= 0.6 is 0 Å². The van der Waals surface area contributed by atoms with Crippen molar-refractivity contribution < 1.29 is 65.7 Å². The zero-order valence-electron chi connectivity index (χ0n) is 21.9. The van der Waals surface area contributed by atoms with Crippen LogP contribution in [0.15, 0.2) is 0 Å². The Morgan fingerprint density at radius 1 is 0.548 bits per heavy atom. The first kappa shape index (κ1) is 54.4. The van der Waals surface area contributed by atoms with Gasteiger partial charge in [-0.1, -0.05) is 37.1 Å². The summed E-state index contributed by atoms with van der Waals surface area (Å²) in [6.45, 7) is 12.5. The molecule has 0 saturated heterocycles. The maximum Gasteiger partial charge on any atom is 0.460 e. The summed E-state index contributed by atoms with van der Waals surface area (Å²) in [6.07, 6.45) is -9.19. The van der Waals surface area contributed by atoms with Crippen LogP contribution in [-0.2, 0) is 12.3 Å². The summed E-state index contributed by atoms with van der Waals surface area (Å²) >= 11 is 0. The summed E-state index contributed by atoms with van der Waals surface area (Å²) < 4.78 is 166. The third-order valence-corrected chi connectivity index (χ3v) is 19.7. The molecule has 0 aliphatic heterocycles. The van der Waals surface area contributed by atoms with Crippen molar-refractivity contribution in [3.63, 3.8) is 0 Å². The Labute approximate surface area is 250 Å². The number of aliphatic hydroxyl groups excluding tert-OH is 1. The molecule has 4 nitrogen and oxygen atoms in total. The Kier molecular flexibility index (Phi) is 22.1. The molecule has 264 valence electrons. The summed E-state index contributed by atoms with van der Waals surface area (Å²) in [7, 11) is -12.4. The van der Waals surface area contributed by atoms with Gasteiger partial charge in [-0.05, 0) is 70.9 Å². The lowest BCUT2D eigenvalue weighted by Gasteiger charge is -2.43. The number of hydrogen-bond donors (Lipinski definition) is 1. The quantitative estimate of drug-likeness (QED) is 0.135. The predicted octanol–water partition coefficient (Wildman–Crippen LogP) is 10.9. The van der Waals surface area contributed by atoms with E-state index in [0.29, 0.717) is 0 Å². The monoisotopic (exact) mass is 716 g/mol. The zero-order chi connectivity index (χ0) is 30.2. The maximum absolute atomic E-state index is 14.4. The predicted molar refractivity (Wildman–Crippen MR) is 159 cm³/mol. The lowest BCUT2D eigenvalue weighted by Crippen LogP contribution is -2.66. The fraction of sp³-hybridized carbons (Fsp3) is 1.00.